The highest BCUT2D eigenvalue weighted by Gasteiger charge is 1.75. The van der Waals surface area contributed by atoms with Gasteiger partial charge in [-0.2, -0.15) is 12.6 Å². The third-order valence-corrected chi connectivity index (χ3v) is 1.63. The molecule has 0 unspecified atom stereocenters. The van der Waals surface area contributed by atoms with E-state index in [1.54, 1.807) is 0 Å². The van der Waals surface area contributed by atoms with Gasteiger partial charge in [-0.25, -0.2) is 0 Å². The van der Waals surface area contributed by atoms with Gasteiger partial charge in [-0.3, -0.25) is 0 Å². The van der Waals surface area contributed by atoms with Crippen molar-refractivity contribution in [2.24, 2.45) is 0 Å². The van der Waals surface area contributed by atoms with Crippen molar-refractivity contribution in [3.05, 3.63) is 0 Å². The molecule has 0 nitrogen and oxygen atoms in total. The van der Waals surface area contributed by atoms with Crippen molar-refractivity contribution < 1.29 is 0 Å². The second-order valence-electron chi connectivity index (χ2n) is 2.43. The Morgan fingerprint density at radius 3 is 1.20 bits per heavy atom. The van der Waals surface area contributed by atoms with Crippen LogP contribution in [0, 0.1) is 0 Å². The molecule has 1 heteroatoms. The Morgan fingerprint density at radius 1 is 0.800 bits per heavy atom. The molecule has 0 aliphatic heterocycles. The van der Waals surface area contributed by atoms with Crippen molar-refractivity contribution in [3.8, 4) is 0 Å². The first-order chi connectivity index (χ1) is 4.83. The largest absolute Gasteiger partial charge is 0.179 e. The van der Waals surface area contributed by atoms with Gasteiger partial charge in [0.2, 0.25) is 0 Å². The number of hydrogen-bond donors (Lipinski definition) is 1. The molecule has 0 saturated carbocycles. The molecule has 0 amide bonds. The van der Waals surface area contributed by atoms with Gasteiger partial charge in [0, 0.05) is 0 Å². The zero-order valence-corrected chi connectivity index (χ0v) is 8.58. The predicted molar refractivity (Wildman–Crippen MR) is 54.0 cm³/mol. The van der Waals surface area contributed by atoms with Crippen LogP contribution in [-0.4, -0.2) is 5.75 Å². The van der Waals surface area contributed by atoms with E-state index in [1.165, 1.54) is 32.1 Å². The molecule has 0 bridgehead atoms. The third-order valence-electron chi connectivity index (χ3n) is 1.18. The average molecular weight is 162 g/mol. The summed E-state index contributed by atoms with van der Waals surface area (Å²) in [5.41, 5.74) is 0. The molecule has 0 aliphatic rings. The first-order valence-corrected chi connectivity index (χ1v) is 5.07. The van der Waals surface area contributed by atoms with Gasteiger partial charge in [-0.05, 0) is 12.2 Å². The molecule has 0 heterocycles. The molecule has 0 spiro atoms. The molecule has 0 fully saturated rings. The minimum absolute atomic E-state index is 1.01. The van der Waals surface area contributed by atoms with Gasteiger partial charge in [-0.15, -0.1) is 0 Å². The summed E-state index contributed by atoms with van der Waals surface area (Å²) in [5, 5.41) is 0. The molecule has 0 aliphatic carbocycles. The number of rotatable bonds is 4. The van der Waals surface area contributed by atoms with Crippen molar-refractivity contribution in [2.45, 2.75) is 52.9 Å². The minimum atomic E-state index is 1.01. The van der Waals surface area contributed by atoms with Gasteiger partial charge >= 0.3 is 0 Å². The van der Waals surface area contributed by atoms with Crippen molar-refractivity contribution in [1.82, 2.24) is 0 Å². The highest BCUT2D eigenvalue weighted by molar-refractivity contribution is 7.80. The molecule has 0 atom stereocenters. The van der Waals surface area contributed by atoms with Crippen LogP contribution < -0.4 is 0 Å². The third kappa shape index (κ3) is 23.8. The maximum absolute atomic E-state index is 3.92. The van der Waals surface area contributed by atoms with Crippen molar-refractivity contribution >= 4 is 12.6 Å². The normalized spacial score (nSPS) is 8.40. The fourth-order valence-corrected chi connectivity index (χ4v) is 0.500. The van der Waals surface area contributed by atoms with Gasteiger partial charge in [0.05, 0.1) is 0 Å². The van der Waals surface area contributed by atoms with E-state index < -0.39 is 0 Å². The highest BCUT2D eigenvalue weighted by Crippen LogP contribution is 1.95. The fraction of sp³-hybridized carbons (Fsp3) is 1.00. The fourth-order valence-electron chi connectivity index (χ4n) is 0.500. The molecular weight excluding hydrogens is 140 g/mol. The summed E-state index contributed by atoms with van der Waals surface area (Å²) in [4.78, 5) is 0. The summed E-state index contributed by atoms with van der Waals surface area (Å²) in [6.45, 7) is 6.57. The summed E-state index contributed by atoms with van der Waals surface area (Å²) in [5.74, 6) is 1.01. The van der Waals surface area contributed by atoms with E-state index in [9.17, 15) is 0 Å². The van der Waals surface area contributed by atoms with Crippen LogP contribution in [0.5, 0.6) is 0 Å². The molecule has 0 rings (SSSR count). The Kier molecular flexibility index (Phi) is 21.0. The van der Waals surface area contributed by atoms with Crippen LogP contribution in [0.25, 0.3) is 0 Å². The first-order valence-electron chi connectivity index (χ1n) is 4.44. The number of thiol groups is 1. The van der Waals surface area contributed by atoms with Crippen LogP contribution >= 0.6 is 12.6 Å². The van der Waals surface area contributed by atoms with E-state index in [2.05, 4.69) is 33.4 Å². The molecule has 64 valence electrons. The second kappa shape index (κ2) is 16.2. The summed E-state index contributed by atoms with van der Waals surface area (Å²) in [6, 6.07) is 0. The van der Waals surface area contributed by atoms with Gasteiger partial charge < -0.3 is 0 Å². The Bertz CT molecular complexity index is 29.7. The maximum Gasteiger partial charge on any atom is -0.0101 e. The summed E-state index contributed by atoms with van der Waals surface area (Å²) < 4.78 is 0. The molecule has 0 aromatic carbocycles. The van der Waals surface area contributed by atoms with Crippen LogP contribution in [0.4, 0.5) is 0 Å². The second-order valence-corrected chi connectivity index (χ2v) is 2.88. The summed E-state index contributed by atoms with van der Waals surface area (Å²) in [6.07, 6.45) is 6.72. The number of hydrogen-bond acceptors (Lipinski definition) is 1. The molecule has 0 saturated heterocycles. The zero-order valence-electron chi connectivity index (χ0n) is 7.69. The van der Waals surface area contributed by atoms with E-state index in [0.717, 1.165) is 5.75 Å². The van der Waals surface area contributed by atoms with Gasteiger partial charge in [0.25, 0.3) is 0 Å². The SMILES string of the molecule is CCCCCC.CCCS. The summed E-state index contributed by atoms with van der Waals surface area (Å²) >= 11 is 3.92. The van der Waals surface area contributed by atoms with Crippen LogP contribution in [0.3, 0.4) is 0 Å². The van der Waals surface area contributed by atoms with Crippen LogP contribution in [0.2, 0.25) is 0 Å². The van der Waals surface area contributed by atoms with E-state index in [1.807, 2.05) is 0 Å². The van der Waals surface area contributed by atoms with Crippen LogP contribution in [-0.2, 0) is 0 Å². The first kappa shape index (κ1) is 13.0. The lowest BCUT2D eigenvalue weighted by molar-refractivity contribution is 0.702. The maximum atomic E-state index is 3.92. The van der Waals surface area contributed by atoms with Gasteiger partial charge in [0.1, 0.15) is 0 Å². The lowest BCUT2D eigenvalue weighted by Gasteiger charge is -1.86. The van der Waals surface area contributed by atoms with Crippen molar-refractivity contribution in [1.29, 1.82) is 0 Å². The Hall–Kier alpha value is 0.350. The Labute approximate surface area is 71.8 Å². The molecule has 0 aromatic heterocycles. The molecule has 10 heavy (non-hydrogen) atoms. The zero-order chi connectivity index (χ0) is 8.24. The molecular formula is C9H22S. The van der Waals surface area contributed by atoms with Gasteiger partial charge in [0.15, 0.2) is 0 Å². The van der Waals surface area contributed by atoms with E-state index in [0.29, 0.717) is 0 Å². The Balaban J connectivity index is 0. The monoisotopic (exact) mass is 162 g/mol. The average Bonchev–Trinajstić information content (AvgIpc) is 2.01. The van der Waals surface area contributed by atoms with Crippen molar-refractivity contribution in [2.75, 3.05) is 5.75 Å². The van der Waals surface area contributed by atoms with Crippen molar-refractivity contribution in [3.63, 3.8) is 0 Å². The van der Waals surface area contributed by atoms with Gasteiger partial charge in [-0.1, -0.05) is 46.5 Å². The van der Waals surface area contributed by atoms with Crippen LogP contribution in [0.15, 0.2) is 0 Å². The Morgan fingerprint density at radius 2 is 1.10 bits per heavy atom. The lowest BCUT2D eigenvalue weighted by atomic mass is 10.2. The van der Waals surface area contributed by atoms with E-state index in [4.69, 9.17) is 0 Å². The molecule has 0 radical (unpaired) electrons. The standard InChI is InChI=1S/C6H14.C3H8S/c1-3-5-6-4-2;1-2-3-4/h3-6H2,1-2H3;4H,2-3H2,1H3. The lowest BCUT2D eigenvalue weighted by Crippen LogP contribution is -1.66. The smallest absolute Gasteiger partial charge is 0.0101 e. The molecule has 0 N–H and O–H groups in total. The van der Waals surface area contributed by atoms with E-state index >= 15 is 0 Å². The predicted octanol–water partition coefficient (Wildman–Crippen LogP) is 3.91. The quantitative estimate of drug-likeness (QED) is 0.470. The van der Waals surface area contributed by atoms with Crippen LogP contribution in [0.1, 0.15) is 52.9 Å². The topological polar surface area (TPSA) is 0 Å². The highest BCUT2D eigenvalue weighted by atomic mass is 32.1. The molecule has 0 aromatic rings. The summed E-state index contributed by atoms with van der Waals surface area (Å²) in [7, 11) is 0. The minimum Gasteiger partial charge on any atom is -0.179 e. The number of unbranched alkanes of at least 4 members (excludes halogenated alkanes) is 3. The van der Waals surface area contributed by atoms with E-state index in [-0.39, 0.29) is 0 Å².